The van der Waals surface area contributed by atoms with Gasteiger partial charge in [0.1, 0.15) is 0 Å². The van der Waals surface area contributed by atoms with Gasteiger partial charge in [0, 0.05) is 23.9 Å². The molecule has 1 saturated carbocycles. The van der Waals surface area contributed by atoms with Crippen LogP contribution in [0.2, 0.25) is 0 Å². The zero-order chi connectivity index (χ0) is 29.4. The van der Waals surface area contributed by atoms with Gasteiger partial charge in [-0.05, 0) is 102 Å². The van der Waals surface area contributed by atoms with Gasteiger partial charge >= 0.3 is 0 Å². The number of rotatable bonds is 11. The Kier molecular flexibility index (Phi) is 9.98. The molecule has 2 aromatic carbocycles. The Balaban J connectivity index is 1.09. The van der Waals surface area contributed by atoms with Crippen molar-refractivity contribution in [3.05, 3.63) is 131 Å². The molecule has 4 aliphatic rings. The molecule has 3 aliphatic carbocycles. The first-order chi connectivity index (χ1) is 21.2. The molecule has 1 nitrogen and oxygen atoms in total. The lowest BCUT2D eigenvalue weighted by atomic mass is 9.77. The first-order valence-electron chi connectivity index (χ1n) is 17.4. The molecule has 2 aromatic rings. The van der Waals surface area contributed by atoms with E-state index in [-0.39, 0.29) is 0 Å². The summed E-state index contributed by atoms with van der Waals surface area (Å²) in [4.78, 5) is 2.58. The molecule has 1 atom stereocenters. The fourth-order valence-corrected chi connectivity index (χ4v) is 7.74. The maximum Gasteiger partial charge on any atom is 0.0374 e. The van der Waals surface area contributed by atoms with Crippen LogP contribution in [0.5, 0.6) is 0 Å². The van der Waals surface area contributed by atoms with E-state index in [1.54, 1.807) is 5.56 Å². The van der Waals surface area contributed by atoms with Gasteiger partial charge in [-0.15, -0.1) is 0 Å². The number of nitrogens with zero attached hydrogens (tertiary/aromatic N) is 1. The number of hydrogen-bond donors (Lipinski definition) is 0. The van der Waals surface area contributed by atoms with Gasteiger partial charge in [-0.3, -0.25) is 0 Å². The summed E-state index contributed by atoms with van der Waals surface area (Å²) in [5, 5.41) is 0. The highest BCUT2D eigenvalue weighted by Crippen LogP contribution is 2.45. The van der Waals surface area contributed by atoms with Crippen LogP contribution < -0.4 is 0 Å². The molecule has 1 heteroatoms. The number of fused-ring (bicyclic) bond motifs is 1. The lowest BCUT2D eigenvalue weighted by molar-refractivity contribution is 0.302. The van der Waals surface area contributed by atoms with Crippen molar-refractivity contribution in [2.45, 2.75) is 109 Å². The maximum atomic E-state index is 4.64. The second-order valence-corrected chi connectivity index (χ2v) is 13.2. The number of allylic oxidation sites excluding steroid dienone is 9. The smallest absolute Gasteiger partial charge is 0.0374 e. The molecule has 6 rings (SSSR count). The van der Waals surface area contributed by atoms with Crippen LogP contribution in [0.25, 0.3) is 11.1 Å². The minimum absolute atomic E-state index is 0.431. The third-order valence-electron chi connectivity index (χ3n) is 10.3. The van der Waals surface area contributed by atoms with Crippen molar-refractivity contribution in [2.24, 2.45) is 5.92 Å². The standard InChI is InChI=1S/C42H51N/c1-3-34-28-29-38(42-31-43(39-20-10-6-7-11-21-39)32(2)40-22-14-15-23-41(40)42)30-37(34)19-9-5-4-8-16-33-24-26-36(27-25-33)35-17-12-13-18-35/h12,14-15,17-18,22,24-31,39,41H,2-11,13,16,19-21,23H2,1H3/t41-/m1/s1. The van der Waals surface area contributed by atoms with E-state index in [0.717, 1.165) is 19.3 Å². The summed E-state index contributed by atoms with van der Waals surface area (Å²) in [5.74, 6) is 0.431. The Morgan fingerprint density at radius 1 is 0.791 bits per heavy atom. The van der Waals surface area contributed by atoms with Crippen molar-refractivity contribution in [3.8, 4) is 0 Å². The Morgan fingerprint density at radius 3 is 2.30 bits per heavy atom. The van der Waals surface area contributed by atoms with Gasteiger partial charge in [0.2, 0.25) is 0 Å². The number of aryl methyl sites for hydroxylation is 3. The van der Waals surface area contributed by atoms with Crippen LogP contribution in [0.15, 0.2) is 103 Å². The second kappa shape index (κ2) is 14.4. The van der Waals surface area contributed by atoms with Crippen molar-refractivity contribution in [1.82, 2.24) is 4.90 Å². The number of unbranched alkanes of at least 4 members (excludes halogenated alkanes) is 3. The van der Waals surface area contributed by atoms with Gasteiger partial charge in [0.05, 0.1) is 0 Å². The van der Waals surface area contributed by atoms with Crippen molar-refractivity contribution in [2.75, 3.05) is 0 Å². The molecule has 0 spiro atoms. The molecular formula is C42H51N. The van der Waals surface area contributed by atoms with Gasteiger partial charge < -0.3 is 4.90 Å². The number of hydrogen-bond acceptors (Lipinski definition) is 1. The lowest BCUT2D eigenvalue weighted by Crippen LogP contribution is -2.35. The van der Waals surface area contributed by atoms with E-state index in [4.69, 9.17) is 0 Å². The monoisotopic (exact) mass is 569 g/mol. The third-order valence-corrected chi connectivity index (χ3v) is 10.3. The zero-order valence-electron chi connectivity index (χ0n) is 26.5. The average molecular weight is 570 g/mol. The van der Waals surface area contributed by atoms with Gasteiger partial charge in [-0.2, -0.15) is 0 Å². The van der Waals surface area contributed by atoms with Crippen LogP contribution in [-0.4, -0.2) is 10.9 Å². The fraction of sp³-hybridized carbons (Fsp3) is 0.429. The van der Waals surface area contributed by atoms with Crippen molar-refractivity contribution in [3.63, 3.8) is 0 Å². The van der Waals surface area contributed by atoms with Crippen LogP contribution in [0.3, 0.4) is 0 Å². The molecule has 1 fully saturated rings. The molecule has 1 heterocycles. The maximum absolute atomic E-state index is 4.64. The first-order valence-corrected chi connectivity index (χ1v) is 17.4. The molecule has 0 saturated heterocycles. The van der Waals surface area contributed by atoms with Crippen LogP contribution in [0.4, 0.5) is 0 Å². The Labute approximate surface area is 261 Å². The Hall–Kier alpha value is -3.32. The first kappa shape index (κ1) is 29.7. The minimum atomic E-state index is 0.431. The van der Waals surface area contributed by atoms with Gasteiger partial charge in [-0.25, -0.2) is 0 Å². The summed E-state index contributed by atoms with van der Waals surface area (Å²) in [7, 11) is 0. The number of benzene rings is 2. The predicted molar refractivity (Wildman–Crippen MR) is 186 cm³/mol. The van der Waals surface area contributed by atoms with E-state index < -0.39 is 0 Å². The predicted octanol–water partition coefficient (Wildman–Crippen LogP) is 11.3. The molecule has 0 aromatic heterocycles. The van der Waals surface area contributed by atoms with E-state index in [1.807, 2.05) is 0 Å². The SMILES string of the molecule is C=C1C2=CC=CC[C@H]2C(c2ccc(CC)c(CCCCCCc3ccc(C4=CCC=C4)cc3)c2)=CN1C1CCCCCC1. The summed E-state index contributed by atoms with van der Waals surface area (Å²) in [6.45, 7) is 6.95. The molecule has 224 valence electrons. The zero-order valence-corrected chi connectivity index (χ0v) is 26.5. The topological polar surface area (TPSA) is 3.24 Å². The third kappa shape index (κ3) is 7.09. The molecule has 43 heavy (non-hydrogen) atoms. The molecule has 0 N–H and O–H groups in total. The molecule has 0 unspecified atom stereocenters. The molecule has 0 amide bonds. The normalized spacial score (nSPS) is 20.5. The summed E-state index contributed by atoms with van der Waals surface area (Å²) in [6.07, 6.45) is 35.1. The average Bonchev–Trinajstić information content (AvgIpc) is 3.46. The van der Waals surface area contributed by atoms with Crippen molar-refractivity contribution >= 4 is 11.1 Å². The van der Waals surface area contributed by atoms with E-state index in [0.29, 0.717) is 12.0 Å². The molecular weight excluding hydrogens is 518 g/mol. The minimum Gasteiger partial charge on any atom is -0.345 e. The van der Waals surface area contributed by atoms with Gasteiger partial charge in [0.25, 0.3) is 0 Å². The van der Waals surface area contributed by atoms with Crippen LogP contribution >= 0.6 is 0 Å². The fourth-order valence-electron chi connectivity index (χ4n) is 7.74. The quantitative estimate of drug-likeness (QED) is 0.192. The van der Waals surface area contributed by atoms with Gasteiger partial charge in [0.15, 0.2) is 0 Å². The van der Waals surface area contributed by atoms with E-state index in [1.165, 1.54) is 122 Å². The molecule has 1 aliphatic heterocycles. The van der Waals surface area contributed by atoms with Crippen LogP contribution in [0, 0.1) is 5.92 Å². The Bertz CT molecular complexity index is 1420. The lowest BCUT2D eigenvalue weighted by Gasteiger charge is -2.41. The summed E-state index contributed by atoms with van der Waals surface area (Å²) < 4.78 is 0. The van der Waals surface area contributed by atoms with Crippen molar-refractivity contribution in [1.29, 1.82) is 0 Å². The summed E-state index contributed by atoms with van der Waals surface area (Å²) >= 11 is 0. The van der Waals surface area contributed by atoms with E-state index in [2.05, 4.69) is 104 Å². The largest absolute Gasteiger partial charge is 0.345 e. The van der Waals surface area contributed by atoms with Crippen molar-refractivity contribution < 1.29 is 0 Å². The highest BCUT2D eigenvalue weighted by atomic mass is 15.2. The van der Waals surface area contributed by atoms with E-state index >= 15 is 0 Å². The highest BCUT2D eigenvalue weighted by molar-refractivity contribution is 5.76. The van der Waals surface area contributed by atoms with E-state index in [9.17, 15) is 0 Å². The molecule has 0 radical (unpaired) electrons. The van der Waals surface area contributed by atoms with Crippen LogP contribution in [-0.2, 0) is 19.3 Å². The highest BCUT2D eigenvalue weighted by Gasteiger charge is 2.33. The van der Waals surface area contributed by atoms with Crippen LogP contribution in [0.1, 0.15) is 112 Å². The summed E-state index contributed by atoms with van der Waals surface area (Å²) in [5.41, 5.74) is 12.9. The molecule has 0 bridgehead atoms. The Morgan fingerprint density at radius 2 is 1.56 bits per heavy atom. The second-order valence-electron chi connectivity index (χ2n) is 13.2. The van der Waals surface area contributed by atoms with Gasteiger partial charge in [-0.1, -0.05) is 131 Å². The summed E-state index contributed by atoms with van der Waals surface area (Å²) in [6, 6.07) is 17.2.